The highest BCUT2D eigenvalue weighted by molar-refractivity contribution is 5.93. The first-order valence-corrected chi connectivity index (χ1v) is 6.08. The van der Waals surface area contributed by atoms with Gasteiger partial charge in [0, 0.05) is 25.7 Å². The number of anilines is 1. The van der Waals surface area contributed by atoms with Crippen molar-refractivity contribution in [2.24, 2.45) is 0 Å². The van der Waals surface area contributed by atoms with E-state index in [1.807, 2.05) is 12.1 Å². The molecule has 1 atom stereocenters. The Morgan fingerprint density at radius 3 is 2.83 bits per heavy atom. The Labute approximate surface area is 105 Å². The molecule has 18 heavy (non-hydrogen) atoms. The van der Waals surface area contributed by atoms with E-state index in [1.165, 1.54) is 0 Å². The van der Waals surface area contributed by atoms with Crippen molar-refractivity contribution in [3.8, 4) is 0 Å². The molecule has 2 aliphatic heterocycles. The zero-order chi connectivity index (χ0) is 12.7. The number of carbonyl (C=O) groups excluding carboxylic acids is 2. The quantitative estimate of drug-likeness (QED) is 0.782. The third kappa shape index (κ3) is 1.81. The molecule has 5 heteroatoms. The molecule has 1 aromatic rings. The zero-order valence-electron chi connectivity index (χ0n) is 10.2. The first kappa shape index (κ1) is 11.1. The minimum Gasteiger partial charge on any atom is -0.329 e. The van der Waals surface area contributed by atoms with E-state index in [4.69, 9.17) is 0 Å². The van der Waals surface area contributed by atoms with E-state index in [0.29, 0.717) is 13.0 Å². The number of benzene rings is 1. The van der Waals surface area contributed by atoms with Crippen molar-refractivity contribution in [2.75, 3.05) is 18.9 Å². The number of hydrogen-bond donors (Lipinski definition) is 2. The van der Waals surface area contributed by atoms with Crippen molar-refractivity contribution in [3.05, 3.63) is 29.3 Å². The van der Waals surface area contributed by atoms with Crippen LogP contribution in [0.1, 0.15) is 23.6 Å². The van der Waals surface area contributed by atoms with Gasteiger partial charge in [-0.15, -0.1) is 0 Å². The SMILES string of the molecule is CN1CC(c2ccc3c(c2)CCC(=O)N3)NC1=O. The maximum atomic E-state index is 11.4. The molecule has 3 amide bonds. The molecule has 0 bridgehead atoms. The van der Waals surface area contributed by atoms with Crippen LogP contribution in [0.3, 0.4) is 0 Å². The molecule has 0 spiro atoms. The van der Waals surface area contributed by atoms with Gasteiger partial charge in [0.05, 0.1) is 6.04 Å². The average Bonchev–Trinajstić information content (AvgIpc) is 2.69. The Balaban J connectivity index is 1.87. The van der Waals surface area contributed by atoms with Crippen LogP contribution in [-0.4, -0.2) is 30.4 Å². The lowest BCUT2D eigenvalue weighted by Crippen LogP contribution is -2.24. The molecule has 0 saturated carbocycles. The van der Waals surface area contributed by atoms with Gasteiger partial charge in [0.1, 0.15) is 0 Å². The molecule has 1 saturated heterocycles. The van der Waals surface area contributed by atoms with Crippen LogP contribution in [0.2, 0.25) is 0 Å². The summed E-state index contributed by atoms with van der Waals surface area (Å²) in [6, 6.07) is 5.98. The normalized spacial score (nSPS) is 22.5. The summed E-state index contributed by atoms with van der Waals surface area (Å²) < 4.78 is 0. The number of likely N-dealkylation sites (N-methyl/N-ethyl adjacent to an activating group) is 1. The number of nitrogens with zero attached hydrogens (tertiary/aromatic N) is 1. The van der Waals surface area contributed by atoms with E-state index in [0.717, 1.165) is 23.2 Å². The van der Waals surface area contributed by atoms with Crippen molar-refractivity contribution in [2.45, 2.75) is 18.9 Å². The highest BCUT2D eigenvalue weighted by Crippen LogP contribution is 2.27. The highest BCUT2D eigenvalue weighted by Gasteiger charge is 2.27. The number of amides is 3. The van der Waals surface area contributed by atoms with Gasteiger partial charge < -0.3 is 15.5 Å². The fourth-order valence-electron chi connectivity index (χ4n) is 2.47. The van der Waals surface area contributed by atoms with Gasteiger partial charge >= 0.3 is 6.03 Å². The summed E-state index contributed by atoms with van der Waals surface area (Å²) in [4.78, 5) is 24.4. The number of fused-ring (bicyclic) bond motifs is 1. The largest absolute Gasteiger partial charge is 0.329 e. The highest BCUT2D eigenvalue weighted by atomic mass is 16.2. The van der Waals surface area contributed by atoms with Crippen molar-refractivity contribution < 1.29 is 9.59 Å². The molecule has 3 rings (SSSR count). The standard InChI is InChI=1S/C13H15N3O2/c1-16-7-11(15-13(16)18)9-2-4-10-8(6-9)3-5-12(17)14-10/h2,4,6,11H,3,5,7H2,1H3,(H,14,17)(H,15,18). The molecule has 0 aliphatic carbocycles. The first-order chi connectivity index (χ1) is 8.63. The lowest BCUT2D eigenvalue weighted by Gasteiger charge is -2.19. The van der Waals surface area contributed by atoms with Gasteiger partial charge in [-0.05, 0) is 23.6 Å². The molecule has 5 nitrogen and oxygen atoms in total. The lowest BCUT2D eigenvalue weighted by molar-refractivity contribution is -0.116. The average molecular weight is 245 g/mol. The molecular weight excluding hydrogens is 230 g/mol. The second-order valence-electron chi connectivity index (χ2n) is 4.85. The summed E-state index contributed by atoms with van der Waals surface area (Å²) in [6.07, 6.45) is 1.30. The predicted octanol–water partition coefficient (Wildman–Crippen LogP) is 1.27. The molecule has 0 radical (unpaired) electrons. The van der Waals surface area contributed by atoms with Gasteiger partial charge in [0.25, 0.3) is 0 Å². The number of aryl methyl sites for hydroxylation is 1. The van der Waals surface area contributed by atoms with Crippen LogP contribution in [0.4, 0.5) is 10.5 Å². The number of nitrogens with one attached hydrogen (secondary N) is 2. The minimum atomic E-state index is -0.0361. The van der Waals surface area contributed by atoms with E-state index in [1.54, 1.807) is 11.9 Å². The van der Waals surface area contributed by atoms with Crippen LogP contribution in [0.5, 0.6) is 0 Å². The first-order valence-electron chi connectivity index (χ1n) is 6.08. The van der Waals surface area contributed by atoms with E-state index < -0.39 is 0 Å². The fourth-order valence-corrected chi connectivity index (χ4v) is 2.47. The van der Waals surface area contributed by atoms with E-state index in [9.17, 15) is 9.59 Å². The summed E-state index contributed by atoms with van der Waals surface area (Å²) in [5.74, 6) is 0.0733. The molecule has 2 N–H and O–H groups in total. The molecular formula is C13H15N3O2. The summed E-state index contributed by atoms with van der Waals surface area (Å²) in [5, 5.41) is 5.79. The molecule has 1 unspecified atom stereocenters. The third-order valence-electron chi connectivity index (χ3n) is 3.53. The lowest BCUT2D eigenvalue weighted by atomic mass is 9.97. The van der Waals surface area contributed by atoms with Crippen molar-refractivity contribution in [1.82, 2.24) is 10.2 Å². The second kappa shape index (κ2) is 4.01. The van der Waals surface area contributed by atoms with Crippen molar-refractivity contribution >= 4 is 17.6 Å². The Bertz CT molecular complexity index is 527. The van der Waals surface area contributed by atoms with E-state index in [-0.39, 0.29) is 18.0 Å². The molecule has 2 aliphatic rings. The number of carbonyl (C=O) groups is 2. The summed E-state index contributed by atoms with van der Waals surface area (Å²) >= 11 is 0. The van der Waals surface area contributed by atoms with Crippen LogP contribution >= 0.6 is 0 Å². The summed E-state index contributed by atoms with van der Waals surface area (Å²) in [5.41, 5.74) is 3.14. The molecule has 2 heterocycles. The Hall–Kier alpha value is -2.04. The molecule has 1 aromatic carbocycles. The van der Waals surface area contributed by atoms with Crippen molar-refractivity contribution in [3.63, 3.8) is 0 Å². The Kier molecular flexibility index (Phi) is 2.47. The monoisotopic (exact) mass is 245 g/mol. The smallest absolute Gasteiger partial charge is 0.317 e. The fraction of sp³-hybridized carbons (Fsp3) is 0.385. The topological polar surface area (TPSA) is 61.4 Å². The van der Waals surface area contributed by atoms with Crippen LogP contribution in [0.15, 0.2) is 18.2 Å². The van der Waals surface area contributed by atoms with Gasteiger partial charge in [-0.2, -0.15) is 0 Å². The van der Waals surface area contributed by atoms with Crippen LogP contribution < -0.4 is 10.6 Å². The van der Waals surface area contributed by atoms with E-state index >= 15 is 0 Å². The van der Waals surface area contributed by atoms with Crippen molar-refractivity contribution in [1.29, 1.82) is 0 Å². The maximum absolute atomic E-state index is 11.4. The molecule has 1 fully saturated rings. The predicted molar refractivity (Wildman–Crippen MR) is 67.3 cm³/mol. The van der Waals surface area contributed by atoms with Gasteiger partial charge in [-0.25, -0.2) is 4.79 Å². The Morgan fingerprint density at radius 2 is 2.11 bits per heavy atom. The van der Waals surface area contributed by atoms with Crippen LogP contribution in [-0.2, 0) is 11.2 Å². The number of urea groups is 1. The van der Waals surface area contributed by atoms with Crippen LogP contribution in [0.25, 0.3) is 0 Å². The van der Waals surface area contributed by atoms with Gasteiger partial charge in [0.15, 0.2) is 0 Å². The number of rotatable bonds is 1. The summed E-state index contributed by atoms with van der Waals surface area (Å²) in [6.45, 7) is 0.685. The Morgan fingerprint density at radius 1 is 1.28 bits per heavy atom. The van der Waals surface area contributed by atoms with Gasteiger partial charge in [0.2, 0.25) is 5.91 Å². The third-order valence-corrected chi connectivity index (χ3v) is 3.53. The minimum absolute atomic E-state index is 0.0361. The van der Waals surface area contributed by atoms with Crippen LogP contribution in [0, 0.1) is 0 Å². The summed E-state index contributed by atoms with van der Waals surface area (Å²) in [7, 11) is 1.79. The molecule has 0 aromatic heterocycles. The van der Waals surface area contributed by atoms with Gasteiger partial charge in [-0.3, -0.25) is 4.79 Å². The molecule has 94 valence electrons. The second-order valence-corrected chi connectivity index (χ2v) is 4.85. The zero-order valence-corrected chi connectivity index (χ0v) is 10.2. The maximum Gasteiger partial charge on any atom is 0.317 e. The number of hydrogen-bond acceptors (Lipinski definition) is 2. The van der Waals surface area contributed by atoms with E-state index in [2.05, 4.69) is 16.7 Å². The van der Waals surface area contributed by atoms with Gasteiger partial charge in [-0.1, -0.05) is 12.1 Å².